The first-order valence-corrected chi connectivity index (χ1v) is 9.40. The van der Waals surface area contributed by atoms with Crippen molar-refractivity contribution >= 4 is 5.91 Å². The van der Waals surface area contributed by atoms with Gasteiger partial charge in [-0.05, 0) is 38.7 Å². The van der Waals surface area contributed by atoms with E-state index in [1.807, 2.05) is 42.6 Å². The van der Waals surface area contributed by atoms with Crippen molar-refractivity contribution in [2.24, 2.45) is 11.3 Å². The predicted octanol–water partition coefficient (Wildman–Crippen LogP) is 3.36. The summed E-state index contributed by atoms with van der Waals surface area (Å²) in [5.74, 6) is 0.657. The second kappa shape index (κ2) is 7.17. The van der Waals surface area contributed by atoms with E-state index in [1.165, 1.54) is 0 Å². The van der Waals surface area contributed by atoms with Crippen molar-refractivity contribution < 1.29 is 4.79 Å². The first kappa shape index (κ1) is 18.5. The van der Waals surface area contributed by atoms with Crippen LogP contribution in [0.25, 0.3) is 11.4 Å². The Morgan fingerprint density at radius 2 is 1.96 bits per heavy atom. The molecule has 1 saturated heterocycles. The summed E-state index contributed by atoms with van der Waals surface area (Å²) in [7, 11) is 0. The average Bonchev–Trinajstić information content (AvgIpc) is 3.23. The Bertz CT molecular complexity index is 775. The standard InChI is InChI=1S/C20H29N5O/c1-14(2)25-17(6-8-23-25)18-16(21-9-10-22-18)12-15-7-11-24(13-15)19(26)20(3,4)5/h6,8-10,14-15H,7,11-13H2,1-5H3/t15-/m1/s1. The van der Waals surface area contributed by atoms with Crippen molar-refractivity contribution in [3.63, 3.8) is 0 Å². The fourth-order valence-electron chi connectivity index (χ4n) is 3.57. The fraction of sp³-hybridized carbons (Fsp3) is 0.600. The number of likely N-dealkylation sites (tertiary alicyclic amines) is 1. The average molecular weight is 355 g/mol. The third-order valence-electron chi connectivity index (χ3n) is 4.87. The molecule has 6 heteroatoms. The Balaban J connectivity index is 1.78. The van der Waals surface area contributed by atoms with Crippen molar-refractivity contribution in [3.05, 3.63) is 30.4 Å². The minimum Gasteiger partial charge on any atom is -0.342 e. The summed E-state index contributed by atoms with van der Waals surface area (Å²) >= 11 is 0. The highest BCUT2D eigenvalue weighted by atomic mass is 16.2. The summed E-state index contributed by atoms with van der Waals surface area (Å²) in [6, 6.07) is 2.26. The maximum atomic E-state index is 12.5. The molecule has 1 atom stereocenters. The summed E-state index contributed by atoms with van der Waals surface area (Å²) < 4.78 is 1.98. The van der Waals surface area contributed by atoms with E-state index in [0.29, 0.717) is 5.92 Å². The molecule has 1 aliphatic heterocycles. The molecular weight excluding hydrogens is 326 g/mol. The highest BCUT2D eigenvalue weighted by Gasteiger charge is 2.33. The summed E-state index contributed by atoms with van der Waals surface area (Å²) in [6.07, 6.45) is 7.15. The monoisotopic (exact) mass is 355 g/mol. The van der Waals surface area contributed by atoms with Crippen LogP contribution >= 0.6 is 0 Å². The van der Waals surface area contributed by atoms with Crippen LogP contribution in [0.15, 0.2) is 24.7 Å². The molecule has 0 unspecified atom stereocenters. The zero-order valence-electron chi connectivity index (χ0n) is 16.4. The third kappa shape index (κ3) is 3.79. The molecule has 3 rings (SSSR count). The van der Waals surface area contributed by atoms with Gasteiger partial charge in [-0.1, -0.05) is 20.8 Å². The van der Waals surface area contributed by atoms with Crippen LogP contribution in [-0.2, 0) is 11.2 Å². The van der Waals surface area contributed by atoms with Crippen LogP contribution in [0.4, 0.5) is 0 Å². The predicted molar refractivity (Wildman–Crippen MR) is 101 cm³/mol. The van der Waals surface area contributed by atoms with E-state index in [2.05, 4.69) is 28.9 Å². The summed E-state index contributed by atoms with van der Waals surface area (Å²) in [6.45, 7) is 11.8. The zero-order valence-corrected chi connectivity index (χ0v) is 16.4. The number of nitrogens with zero attached hydrogens (tertiary/aromatic N) is 5. The van der Waals surface area contributed by atoms with Gasteiger partial charge in [-0.25, -0.2) is 0 Å². The number of aromatic nitrogens is 4. The maximum absolute atomic E-state index is 12.5. The molecule has 2 aromatic heterocycles. The van der Waals surface area contributed by atoms with Crippen LogP contribution < -0.4 is 0 Å². The van der Waals surface area contributed by atoms with Crippen LogP contribution in [0.5, 0.6) is 0 Å². The number of rotatable bonds is 4. The first-order chi connectivity index (χ1) is 12.3. The molecular formula is C20H29N5O. The van der Waals surface area contributed by atoms with E-state index in [0.717, 1.165) is 43.0 Å². The maximum Gasteiger partial charge on any atom is 0.227 e. The molecule has 0 aromatic carbocycles. The minimum atomic E-state index is -0.323. The second-order valence-corrected chi connectivity index (χ2v) is 8.47. The van der Waals surface area contributed by atoms with Gasteiger partial charge in [-0.2, -0.15) is 5.10 Å². The Morgan fingerprint density at radius 1 is 1.23 bits per heavy atom. The van der Waals surface area contributed by atoms with Gasteiger partial charge in [0.05, 0.1) is 11.4 Å². The second-order valence-electron chi connectivity index (χ2n) is 8.47. The summed E-state index contributed by atoms with van der Waals surface area (Å²) in [5, 5.41) is 4.42. The number of carbonyl (C=O) groups excluding carboxylic acids is 1. The quantitative estimate of drug-likeness (QED) is 0.843. The lowest BCUT2D eigenvalue weighted by Crippen LogP contribution is -2.38. The molecule has 0 spiro atoms. The van der Waals surface area contributed by atoms with E-state index in [-0.39, 0.29) is 17.4 Å². The molecule has 1 fully saturated rings. The molecule has 0 bridgehead atoms. The van der Waals surface area contributed by atoms with Gasteiger partial charge in [0, 0.05) is 43.1 Å². The lowest BCUT2D eigenvalue weighted by Gasteiger charge is -2.25. The highest BCUT2D eigenvalue weighted by Crippen LogP contribution is 2.29. The van der Waals surface area contributed by atoms with Crippen LogP contribution in [-0.4, -0.2) is 43.6 Å². The first-order valence-electron chi connectivity index (χ1n) is 9.40. The molecule has 1 aliphatic rings. The van der Waals surface area contributed by atoms with Gasteiger partial charge < -0.3 is 4.90 Å². The van der Waals surface area contributed by atoms with Gasteiger partial charge in [0.15, 0.2) is 0 Å². The molecule has 0 saturated carbocycles. The van der Waals surface area contributed by atoms with Crippen molar-refractivity contribution in [2.75, 3.05) is 13.1 Å². The number of amides is 1. The lowest BCUT2D eigenvalue weighted by atomic mass is 9.95. The molecule has 1 amide bonds. The highest BCUT2D eigenvalue weighted by molar-refractivity contribution is 5.81. The smallest absolute Gasteiger partial charge is 0.227 e. The van der Waals surface area contributed by atoms with E-state index in [1.54, 1.807) is 12.4 Å². The number of hydrogen-bond acceptors (Lipinski definition) is 4. The molecule has 26 heavy (non-hydrogen) atoms. The molecule has 140 valence electrons. The van der Waals surface area contributed by atoms with E-state index < -0.39 is 0 Å². The van der Waals surface area contributed by atoms with E-state index in [4.69, 9.17) is 0 Å². The van der Waals surface area contributed by atoms with Gasteiger partial charge in [0.1, 0.15) is 5.69 Å². The third-order valence-corrected chi connectivity index (χ3v) is 4.87. The largest absolute Gasteiger partial charge is 0.342 e. The van der Waals surface area contributed by atoms with Crippen molar-refractivity contribution in [3.8, 4) is 11.4 Å². The van der Waals surface area contributed by atoms with Gasteiger partial charge in [-0.3, -0.25) is 19.4 Å². The van der Waals surface area contributed by atoms with Gasteiger partial charge in [0.2, 0.25) is 5.91 Å². The van der Waals surface area contributed by atoms with Crippen molar-refractivity contribution in [1.82, 2.24) is 24.6 Å². The molecule has 2 aromatic rings. The van der Waals surface area contributed by atoms with Crippen LogP contribution in [0.1, 0.15) is 52.8 Å². The van der Waals surface area contributed by atoms with Crippen LogP contribution in [0.2, 0.25) is 0 Å². The summed E-state index contributed by atoms with van der Waals surface area (Å²) in [4.78, 5) is 23.7. The Kier molecular flexibility index (Phi) is 5.12. The van der Waals surface area contributed by atoms with Crippen LogP contribution in [0, 0.1) is 11.3 Å². The topological polar surface area (TPSA) is 63.9 Å². The SMILES string of the molecule is CC(C)n1nccc1-c1nccnc1C[C@H]1CCN(C(=O)C(C)(C)C)C1. The van der Waals surface area contributed by atoms with Gasteiger partial charge in [-0.15, -0.1) is 0 Å². The minimum absolute atomic E-state index is 0.234. The molecule has 6 nitrogen and oxygen atoms in total. The Hall–Kier alpha value is -2.24. The van der Waals surface area contributed by atoms with Gasteiger partial charge in [0.25, 0.3) is 0 Å². The van der Waals surface area contributed by atoms with Gasteiger partial charge >= 0.3 is 0 Å². The summed E-state index contributed by atoms with van der Waals surface area (Å²) in [5.41, 5.74) is 2.57. The molecule has 0 N–H and O–H groups in total. The normalized spacial score (nSPS) is 17.9. The fourth-order valence-corrected chi connectivity index (χ4v) is 3.57. The Labute approximate surface area is 155 Å². The molecule has 3 heterocycles. The zero-order chi connectivity index (χ0) is 18.9. The van der Waals surface area contributed by atoms with E-state index in [9.17, 15) is 4.79 Å². The number of carbonyl (C=O) groups is 1. The molecule has 0 radical (unpaired) electrons. The van der Waals surface area contributed by atoms with Crippen molar-refractivity contribution in [2.45, 2.75) is 53.5 Å². The van der Waals surface area contributed by atoms with Crippen LogP contribution in [0.3, 0.4) is 0 Å². The molecule has 0 aliphatic carbocycles. The number of hydrogen-bond donors (Lipinski definition) is 0. The van der Waals surface area contributed by atoms with E-state index >= 15 is 0 Å². The van der Waals surface area contributed by atoms with Crippen molar-refractivity contribution in [1.29, 1.82) is 0 Å². The lowest BCUT2D eigenvalue weighted by molar-refractivity contribution is -0.138. The Morgan fingerprint density at radius 3 is 2.65 bits per heavy atom.